The summed E-state index contributed by atoms with van der Waals surface area (Å²) in [7, 11) is 0. The fraction of sp³-hybridized carbons (Fsp3) is 1.00. The van der Waals surface area contributed by atoms with E-state index < -0.39 is 0 Å². The highest BCUT2D eigenvalue weighted by molar-refractivity contribution is 4.91. The van der Waals surface area contributed by atoms with Gasteiger partial charge in [-0.2, -0.15) is 0 Å². The lowest BCUT2D eigenvalue weighted by molar-refractivity contribution is 0.289. The van der Waals surface area contributed by atoms with Gasteiger partial charge in [-0.15, -0.1) is 0 Å². The van der Waals surface area contributed by atoms with Crippen LogP contribution in [0.25, 0.3) is 0 Å². The summed E-state index contributed by atoms with van der Waals surface area (Å²) < 4.78 is 0. The van der Waals surface area contributed by atoms with E-state index in [1.807, 2.05) is 0 Å². The predicted molar refractivity (Wildman–Crippen MR) is 217 cm³/mol. The molecular weight excluding hydrogens is 569 g/mol. The van der Waals surface area contributed by atoms with Crippen LogP contribution in [0, 0.1) is 0 Å². The van der Waals surface area contributed by atoms with Gasteiger partial charge in [-0.3, -0.25) is 0 Å². The smallest absolute Gasteiger partial charge is 0.0305 e. The molecule has 0 aliphatic rings. The second-order valence-corrected chi connectivity index (χ2v) is 16.2. The van der Waals surface area contributed by atoms with Gasteiger partial charge >= 0.3 is 0 Å². The van der Waals surface area contributed by atoms with Gasteiger partial charge in [-0.25, -0.2) is 0 Å². The molecule has 0 bridgehead atoms. The zero-order valence-electron chi connectivity index (χ0n) is 33.5. The molecule has 0 saturated heterocycles. The quantitative estimate of drug-likeness (QED) is 0.0640. The first-order valence-corrected chi connectivity index (χ1v) is 22.6. The minimum absolute atomic E-state index is 0.105. The predicted octanol–water partition coefficient (Wildman–Crippen LogP) is 15.7. The molecule has 0 spiro atoms. The summed E-state index contributed by atoms with van der Waals surface area (Å²) in [5.41, 5.74) is 13.1. The molecule has 0 aliphatic carbocycles. The third-order valence-electron chi connectivity index (χ3n) is 11.4. The minimum Gasteiger partial charge on any atom is -0.326 e. The summed E-state index contributed by atoms with van der Waals surface area (Å²) in [5, 5.41) is 0. The van der Waals surface area contributed by atoms with E-state index in [1.54, 1.807) is 0 Å². The maximum atomic E-state index is 6.87. The van der Waals surface area contributed by atoms with Crippen LogP contribution in [0.15, 0.2) is 0 Å². The van der Waals surface area contributed by atoms with Crippen molar-refractivity contribution in [3.8, 4) is 0 Å². The average Bonchev–Trinajstić information content (AvgIpc) is 3.06. The third-order valence-corrected chi connectivity index (χ3v) is 11.4. The maximum absolute atomic E-state index is 6.87. The molecule has 0 aromatic heterocycles. The summed E-state index contributed by atoms with van der Waals surface area (Å²) in [6.07, 6.45) is 56.6. The standard InChI is InChI=1S/C45H94N2/c1-4-6-8-10-12-14-16-18-20-22-24-25-27-29-31-33-35-37-39-41-43-45(47,44(3)46)42-40-38-36-34-32-30-28-26-23-21-19-17-15-13-11-9-7-5-2/h44H,4-43,46-47H2,1-3H3. The van der Waals surface area contributed by atoms with Crippen molar-refractivity contribution in [2.75, 3.05) is 0 Å². The minimum atomic E-state index is -0.150. The van der Waals surface area contributed by atoms with Gasteiger partial charge in [-0.1, -0.05) is 258 Å². The van der Waals surface area contributed by atoms with Gasteiger partial charge in [0, 0.05) is 11.6 Å². The maximum Gasteiger partial charge on any atom is 0.0305 e. The normalized spacial score (nSPS) is 13.7. The van der Waals surface area contributed by atoms with Crippen LogP contribution in [0.4, 0.5) is 0 Å². The SMILES string of the molecule is CCCCCCCCCCCCCCCCCCCCCCC(N)(CCCCCCCCCCCCCCCCCCCC)C(C)N. The largest absolute Gasteiger partial charge is 0.326 e. The van der Waals surface area contributed by atoms with Crippen LogP contribution in [0.3, 0.4) is 0 Å². The lowest BCUT2D eigenvalue weighted by Crippen LogP contribution is -2.53. The Kier molecular flexibility index (Phi) is 38.7. The van der Waals surface area contributed by atoms with Gasteiger partial charge in [0.25, 0.3) is 0 Å². The van der Waals surface area contributed by atoms with Gasteiger partial charge < -0.3 is 11.5 Å². The monoisotopic (exact) mass is 663 g/mol. The molecule has 284 valence electrons. The van der Waals surface area contributed by atoms with Gasteiger partial charge in [0.2, 0.25) is 0 Å². The summed E-state index contributed by atoms with van der Waals surface area (Å²) in [4.78, 5) is 0. The van der Waals surface area contributed by atoms with Crippen molar-refractivity contribution in [1.29, 1.82) is 0 Å². The Labute approximate surface area is 299 Å². The molecule has 4 N–H and O–H groups in total. The lowest BCUT2D eigenvalue weighted by atomic mass is 9.82. The van der Waals surface area contributed by atoms with Crippen molar-refractivity contribution in [3.05, 3.63) is 0 Å². The molecule has 0 aromatic rings. The molecule has 0 aliphatic heterocycles. The van der Waals surface area contributed by atoms with Crippen LogP contribution in [0.1, 0.15) is 278 Å². The van der Waals surface area contributed by atoms with Crippen molar-refractivity contribution in [2.24, 2.45) is 11.5 Å². The Bertz CT molecular complexity index is 560. The molecule has 47 heavy (non-hydrogen) atoms. The number of nitrogens with two attached hydrogens (primary N) is 2. The Morgan fingerprint density at radius 3 is 0.596 bits per heavy atom. The Balaban J connectivity index is 3.46. The van der Waals surface area contributed by atoms with Gasteiger partial charge in [0.05, 0.1) is 0 Å². The highest BCUT2D eigenvalue weighted by Gasteiger charge is 2.28. The molecule has 0 fully saturated rings. The van der Waals surface area contributed by atoms with Crippen LogP contribution in [0.2, 0.25) is 0 Å². The fourth-order valence-corrected chi connectivity index (χ4v) is 7.65. The molecule has 2 unspecified atom stereocenters. The van der Waals surface area contributed by atoms with E-state index in [1.165, 1.54) is 244 Å². The van der Waals surface area contributed by atoms with Crippen molar-refractivity contribution >= 4 is 0 Å². The molecule has 0 radical (unpaired) electrons. The van der Waals surface area contributed by atoms with E-state index >= 15 is 0 Å². The molecule has 0 saturated carbocycles. The summed E-state index contributed by atoms with van der Waals surface area (Å²) in [6, 6.07) is 0.105. The second kappa shape index (κ2) is 38.7. The molecule has 0 amide bonds. The van der Waals surface area contributed by atoms with E-state index in [2.05, 4.69) is 20.8 Å². The summed E-state index contributed by atoms with van der Waals surface area (Å²) >= 11 is 0. The van der Waals surface area contributed by atoms with Crippen molar-refractivity contribution < 1.29 is 0 Å². The zero-order valence-corrected chi connectivity index (χ0v) is 33.5. The number of unbranched alkanes of at least 4 members (excludes halogenated alkanes) is 36. The lowest BCUT2D eigenvalue weighted by Gasteiger charge is -2.34. The Morgan fingerprint density at radius 1 is 0.298 bits per heavy atom. The zero-order chi connectivity index (χ0) is 34.4. The van der Waals surface area contributed by atoms with Crippen molar-refractivity contribution in [2.45, 2.75) is 289 Å². The van der Waals surface area contributed by atoms with Crippen LogP contribution in [-0.2, 0) is 0 Å². The molecular formula is C45H94N2. The van der Waals surface area contributed by atoms with Crippen molar-refractivity contribution in [3.63, 3.8) is 0 Å². The highest BCUT2D eigenvalue weighted by Crippen LogP contribution is 2.24. The van der Waals surface area contributed by atoms with Crippen molar-refractivity contribution in [1.82, 2.24) is 0 Å². The number of hydrogen-bond acceptors (Lipinski definition) is 2. The van der Waals surface area contributed by atoms with E-state index in [-0.39, 0.29) is 11.6 Å². The summed E-state index contributed by atoms with van der Waals surface area (Å²) in [5.74, 6) is 0. The Morgan fingerprint density at radius 2 is 0.447 bits per heavy atom. The van der Waals surface area contributed by atoms with Gasteiger partial charge in [-0.05, 0) is 19.8 Å². The average molecular weight is 663 g/mol. The molecule has 2 nitrogen and oxygen atoms in total. The molecule has 2 atom stereocenters. The summed E-state index contributed by atoms with van der Waals surface area (Å²) in [6.45, 7) is 6.75. The van der Waals surface area contributed by atoms with Gasteiger partial charge in [0.1, 0.15) is 0 Å². The molecule has 2 heteroatoms. The first kappa shape index (κ1) is 46.9. The highest BCUT2D eigenvalue weighted by atomic mass is 14.8. The Hall–Kier alpha value is -0.0800. The van der Waals surface area contributed by atoms with Gasteiger partial charge in [0.15, 0.2) is 0 Å². The first-order valence-electron chi connectivity index (χ1n) is 22.6. The van der Waals surface area contributed by atoms with Crippen LogP contribution in [0.5, 0.6) is 0 Å². The third kappa shape index (κ3) is 35.5. The van der Waals surface area contributed by atoms with E-state index in [9.17, 15) is 0 Å². The fourth-order valence-electron chi connectivity index (χ4n) is 7.65. The topological polar surface area (TPSA) is 52.0 Å². The molecule has 0 rings (SSSR count). The first-order chi connectivity index (χ1) is 23.1. The van der Waals surface area contributed by atoms with Crippen LogP contribution in [-0.4, -0.2) is 11.6 Å². The van der Waals surface area contributed by atoms with E-state index in [0.717, 1.165) is 12.8 Å². The van der Waals surface area contributed by atoms with Crippen LogP contribution >= 0.6 is 0 Å². The molecule has 0 aromatic carbocycles. The van der Waals surface area contributed by atoms with Crippen LogP contribution < -0.4 is 11.5 Å². The molecule has 0 heterocycles. The number of rotatable bonds is 41. The van der Waals surface area contributed by atoms with E-state index in [0.29, 0.717) is 0 Å². The number of hydrogen-bond donors (Lipinski definition) is 2. The van der Waals surface area contributed by atoms with E-state index in [4.69, 9.17) is 11.5 Å². The second-order valence-electron chi connectivity index (χ2n) is 16.2.